The molecule has 1 aliphatic heterocycles. The molecule has 1 nitrogen and oxygen atoms in total. The molecule has 1 unspecified atom stereocenters. The monoisotopic (exact) mass is 211 g/mol. The van der Waals surface area contributed by atoms with Crippen molar-refractivity contribution in [3.63, 3.8) is 0 Å². The molecule has 0 aromatic rings. The second-order valence-electron chi connectivity index (χ2n) is 4.24. The van der Waals surface area contributed by atoms with Gasteiger partial charge in [0.15, 0.2) is 0 Å². The van der Waals surface area contributed by atoms with Crippen molar-refractivity contribution < 1.29 is 1.37 Å². The summed E-state index contributed by atoms with van der Waals surface area (Å²) in [5, 5.41) is 0. The second-order valence-corrected chi connectivity index (χ2v) is 7.36. The van der Waals surface area contributed by atoms with Gasteiger partial charge in [-0.1, -0.05) is 0 Å². The minimum absolute atomic E-state index is 0.486. The number of nitrogens with zero attached hydrogens (tertiary/aromatic N) is 1. The van der Waals surface area contributed by atoms with E-state index < -0.39 is 0 Å². The molecule has 0 aromatic carbocycles. The minimum atomic E-state index is 0.486. The van der Waals surface area contributed by atoms with Crippen LogP contribution in [0, 0.1) is 5.92 Å². The van der Waals surface area contributed by atoms with Crippen LogP contribution in [0.5, 0.6) is 0 Å². The molecular weight excluding hydrogens is 192 g/mol. The number of hydrogen-bond acceptors (Lipinski definition) is 1. The second kappa shape index (κ2) is 3.54. The molecule has 0 amide bonds. The third kappa shape index (κ3) is 2.84. The summed E-state index contributed by atoms with van der Waals surface area (Å²) in [6.07, 6.45) is 2.65. The van der Waals surface area contributed by atoms with E-state index in [0.29, 0.717) is 11.0 Å². The molecule has 1 atom stereocenters. The summed E-state index contributed by atoms with van der Waals surface area (Å²) in [6.45, 7) is 6.97. The Morgan fingerprint density at radius 1 is 1.64 bits per heavy atom. The summed E-state index contributed by atoms with van der Waals surface area (Å²) in [4.78, 5) is 2.26. The van der Waals surface area contributed by atoms with Crippen molar-refractivity contribution in [2.24, 2.45) is 5.92 Å². The van der Waals surface area contributed by atoms with E-state index >= 15 is 0 Å². The molecule has 1 saturated heterocycles. The molecular formula is C9H18GaN. The van der Waals surface area contributed by atoms with Crippen LogP contribution >= 0.6 is 0 Å². The average molecular weight is 212 g/mol. The van der Waals surface area contributed by atoms with Crippen LogP contribution in [-0.2, 0) is 0 Å². The Morgan fingerprint density at radius 2 is 2.36 bits per heavy atom. The van der Waals surface area contributed by atoms with E-state index in [-0.39, 0.29) is 0 Å². The van der Waals surface area contributed by atoms with Gasteiger partial charge < -0.3 is 0 Å². The Balaban J connectivity index is 2.46. The zero-order chi connectivity index (χ0) is 9.19. The summed E-state index contributed by atoms with van der Waals surface area (Å²) in [5.41, 5.74) is 0. The van der Waals surface area contributed by atoms with E-state index in [1.54, 1.807) is 0 Å². The van der Waals surface area contributed by atoms with Gasteiger partial charge in [0.1, 0.15) is 0 Å². The molecule has 0 spiro atoms. The summed E-state index contributed by atoms with van der Waals surface area (Å²) < 4.78 is 7.81. The summed E-state index contributed by atoms with van der Waals surface area (Å²) in [7, 11) is 0.486. The first-order valence-electron chi connectivity index (χ1n) is 5.05. The van der Waals surface area contributed by atoms with Gasteiger partial charge in [-0.3, -0.25) is 0 Å². The third-order valence-corrected chi connectivity index (χ3v) is 3.55. The first kappa shape index (κ1) is 8.21. The molecule has 0 bridgehead atoms. The molecule has 2 heteroatoms. The quantitative estimate of drug-likeness (QED) is 0.598. The zero-order valence-electron chi connectivity index (χ0n) is 8.64. The van der Waals surface area contributed by atoms with Crippen LogP contribution in [0.2, 0.25) is 3.97 Å². The van der Waals surface area contributed by atoms with Gasteiger partial charge >= 0.3 is 81.6 Å². The maximum absolute atomic E-state index is 7.32. The maximum atomic E-state index is 7.32. The van der Waals surface area contributed by atoms with Crippen molar-refractivity contribution in [2.75, 3.05) is 20.1 Å². The topological polar surface area (TPSA) is 3.24 Å². The van der Waals surface area contributed by atoms with E-state index in [4.69, 9.17) is 1.37 Å². The first-order valence-corrected chi connectivity index (χ1v) is 5.55. The SMILES string of the molecule is [3H]CN1CCCC([C](C)(C)[Ga])C1. The standard InChI is InChI=1S/C9H18N.Ga/c1-8(2)9-5-4-6-10(3)7-9;/h9H,4-7H2,1-3H3;/i3T;. The van der Waals surface area contributed by atoms with Gasteiger partial charge in [-0.2, -0.15) is 0 Å². The van der Waals surface area contributed by atoms with Gasteiger partial charge in [-0.05, 0) is 0 Å². The van der Waals surface area contributed by atoms with Crippen molar-refractivity contribution >= 4 is 18.6 Å². The summed E-state index contributed by atoms with van der Waals surface area (Å²) in [6, 6.07) is 0. The predicted octanol–water partition coefficient (Wildman–Crippen LogP) is 1.70. The van der Waals surface area contributed by atoms with Crippen LogP contribution in [0.25, 0.3) is 0 Å². The Bertz CT molecular complexity index is 144. The molecule has 1 heterocycles. The molecule has 2 radical (unpaired) electrons. The Labute approximate surface area is 81.9 Å². The molecule has 62 valence electrons. The van der Waals surface area contributed by atoms with E-state index in [1.807, 2.05) is 18.6 Å². The van der Waals surface area contributed by atoms with Crippen molar-refractivity contribution in [1.82, 2.24) is 4.90 Å². The predicted molar refractivity (Wildman–Crippen MR) is 50.0 cm³/mol. The zero-order valence-corrected chi connectivity index (χ0v) is 10.1. The van der Waals surface area contributed by atoms with Crippen molar-refractivity contribution in [1.29, 1.82) is 0 Å². The van der Waals surface area contributed by atoms with E-state index in [0.717, 1.165) is 19.0 Å². The molecule has 11 heavy (non-hydrogen) atoms. The number of hydrogen-bond donors (Lipinski definition) is 0. The third-order valence-electron chi connectivity index (χ3n) is 2.56. The molecule has 0 N–H and O–H groups in total. The fraction of sp³-hybridized carbons (Fsp3) is 1.00. The number of rotatable bonds is 1. The molecule has 1 fully saturated rings. The van der Waals surface area contributed by atoms with Gasteiger partial charge in [-0.25, -0.2) is 0 Å². The molecule has 0 aromatic heterocycles. The van der Waals surface area contributed by atoms with Crippen molar-refractivity contribution in [3.8, 4) is 0 Å². The van der Waals surface area contributed by atoms with Crippen LogP contribution in [-0.4, -0.2) is 43.6 Å². The van der Waals surface area contributed by atoms with Crippen LogP contribution in [0.15, 0.2) is 0 Å². The Kier molecular flexibility index (Phi) is 2.64. The van der Waals surface area contributed by atoms with Crippen LogP contribution in [0.3, 0.4) is 0 Å². The number of likely N-dealkylation sites (tertiary alicyclic amines) is 1. The normalized spacial score (nSPS) is 30.0. The van der Waals surface area contributed by atoms with Gasteiger partial charge in [0.2, 0.25) is 0 Å². The summed E-state index contributed by atoms with van der Waals surface area (Å²) >= 11 is 1.84. The molecule has 1 aliphatic rings. The van der Waals surface area contributed by atoms with Crippen molar-refractivity contribution in [3.05, 3.63) is 0 Å². The number of piperidine rings is 1. The van der Waals surface area contributed by atoms with Gasteiger partial charge in [0.25, 0.3) is 0 Å². The van der Waals surface area contributed by atoms with Crippen molar-refractivity contribution in [2.45, 2.75) is 30.7 Å². The average Bonchev–Trinajstić information content (AvgIpc) is 2.03. The van der Waals surface area contributed by atoms with Gasteiger partial charge in [0, 0.05) is 0 Å². The van der Waals surface area contributed by atoms with Crippen LogP contribution in [0.4, 0.5) is 0 Å². The van der Waals surface area contributed by atoms with Crippen LogP contribution in [0.1, 0.15) is 28.1 Å². The van der Waals surface area contributed by atoms with Gasteiger partial charge in [-0.15, -0.1) is 0 Å². The molecule has 1 rings (SSSR count). The summed E-state index contributed by atoms with van der Waals surface area (Å²) in [5.74, 6) is 0.816. The molecule has 0 saturated carbocycles. The fourth-order valence-electron chi connectivity index (χ4n) is 1.66. The van der Waals surface area contributed by atoms with Crippen LogP contribution < -0.4 is 0 Å². The van der Waals surface area contributed by atoms with E-state index in [9.17, 15) is 0 Å². The van der Waals surface area contributed by atoms with Gasteiger partial charge in [0.05, 0.1) is 0 Å². The first-order chi connectivity index (χ1) is 5.54. The Morgan fingerprint density at radius 3 is 2.91 bits per heavy atom. The molecule has 0 aliphatic carbocycles. The Hall–Kier alpha value is 0.596. The van der Waals surface area contributed by atoms with E-state index in [2.05, 4.69) is 18.7 Å². The fourth-order valence-corrected chi connectivity index (χ4v) is 2.23. The van der Waals surface area contributed by atoms with E-state index in [1.165, 1.54) is 12.8 Å².